The molecule has 2 aromatic carbocycles. The Bertz CT molecular complexity index is 919. The van der Waals surface area contributed by atoms with Gasteiger partial charge in [-0.25, -0.2) is 12.7 Å². The number of carbonyl (C=O) groups excluding carboxylic acids is 1. The molecule has 0 unspecified atom stereocenters. The molecular formula is C19H23ClN2O4S. The first-order chi connectivity index (χ1) is 12.6. The van der Waals surface area contributed by atoms with E-state index < -0.39 is 10.0 Å². The summed E-state index contributed by atoms with van der Waals surface area (Å²) in [5.41, 5.74) is 2.20. The molecule has 0 radical (unpaired) electrons. The van der Waals surface area contributed by atoms with Crippen molar-refractivity contribution >= 4 is 27.5 Å². The highest BCUT2D eigenvalue weighted by Crippen LogP contribution is 2.27. The number of halogens is 1. The van der Waals surface area contributed by atoms with E-state index in [1.807, 2.05) is 13.8 Å². The van der Waals surface area contributed by atoms with Gasteiger partial charge in [0.15, 0.2) is 6.61 Å². The Hall–Kier alpha value is -2.09. The Morgan fingerprint density at radius 1 is 1.15 bits per heavy atom. The fourth-order valence-electron chi connectivity index (χ4n) is 2.61. The van der Waals surface area contributed by atoms with Crippen LogP contribution in [0.3, 0.4) is 0 Å². The molecule has 0 spiro atoms. The van der Waals surface area contributed by atoms with Crippen LogP contribution in [-0.4, -0.2) is 39.3 Å². The van der Waals surface area contributed by atoms with Crippen molar-refractivity contribution in [1.29, 1.82) is 0 Å². The van der Waals surface area contributed by atoms with Crippen LogP contribution < -0.4 is 10.1 Å². The van der Waals surface area contributed by atoms with Crippen LogP contribution in [-0.2, 0) is 21.4 Å². The molecule has 1 N–H and O–H groups in total. The van der Waals surface area contributed by atoms with Gasteiger partial charge in [0, 0.05) is 25.7 Å². The molecule has 8 heteroatoms. The lowest BCUT2D eigenvalue weighted by molar-refractivity contribution is -0.123. The molecule has 0 aliphatic carbocycles. The number of hydrogen-bond donors (Lipinski definition) is 1. The van der Waals surface area contributed by atoms with Crippen LogP contribution in [0.5, 0.6) is 5.75 Å². The fourth-order valence-corrected chi connectivity index (χ4v) is 4.05. The van der Waals surface area contributed by atoms with Crippen LogP contribution in [0.25, 0.3) is 0 Å². The van der Waals surface area contributed by atoms with Gasteiger partial charge in [0.05, 0.1) is 4.90 Å². The van der Waals surface area contributed by atoms with E-state index in [0.717, 1.165) is 15.4 Å². The summed E-state index contributed by atoms with van der Waals surface area (Å²) < 4.78 is 31.5. The van der Waals surface area contributed by atoms with Crippen molar-refractivity contribution in [2.24, 2.45) is 0 Å². The molecule has 0 heterocycles. The molecule has 0 saturated carbocycles. The number of amides is 1. The molecule has 6 nitrogen and oxygen atoms in total. The zero-order valence-corrected chi connectivity index (χ0v) is 17.3. The number of nitrogens with one attached hydrogen (secondary N) is 1. The first-order valence-electron chi connectivity index (χ1n) is 8.29. The van der Waals surface area contributed by atoms with Crippen molar-refractivity contribution < 1.29 is 17.9 Å². The highest BCUT2D eigenvalue weighted by atomic mass is 35.5. The molecule has 27 heavy (non-hydrogen) atoms. The molecule has 0 aliphatic heterocycles. The second-order valence-corrected chi connectivity index (χ2v) is 8.89. The number of hydrogen-bond acceptors (Lipinski definition) is 4. The summed E-state index contributed by atoms with van der Waals surface area (Å²) in [5.74, 6) is 0.269. The smallest absolute Gasteiger partial charge is 0.258 e. The summed E-state index contributed by atoms with van der Waals surface area (Å²) in [6.07, 6.45) is 0. The van der Waals surface area contributed by atoms with Gasteiger partial charge in [-0.2, -0.15) is 0 Å². The minimum Gasteiger partial charge on any atom is -0.483 e. The Morgan fingerprint density at radius 2 is 1.74 bits per heavy atom. The zero-order chi connectivity index (χ0) is 20.2. The van der Waals surface area contributed by atoms with Crippen molar-refractivity contribution in [1.82, 2.24) is 9.62 Å². The third kappa shape index (κ3) is 5.22. The van der Waals surface area contributed by atoms with Crippen LogP contribution in [0.15, 0.2) is 41.3 Å². The first kappa shape index (κ1) is 21.2. The quantitative estimate of drug-likeness (QED) is 0.761. The number of carbonyl (C=O) groups is 1. The molecule has 0 atom stereocenters. The maximum atomic E-state index is 12.4. The van der Waals surface area contributed by atoms with Gasteiger partial charge in [-0.1, -0.05) is 29.8 Å². The van der Waals surface area contributed by atoms with E-state index in [1.165, 1.54) is 20.2 Å². The third-order valence-electron chi connectivity index (χ3n) is 3.98. The van der Waals surface area contributed by atoms with E-state index >= 15 is 0 Å². The molecule has 1 amide bonds. The first-order valence-corrected chi connectivity index (χ1v) is 10.1. The van der Waals surface area contributed by atoms with Gasteiger partial charge in [-0.05, 0) is 48.7 Å². The van der Waals surface area contributed by atoms with Crippen molar-refractivity contribution in [2.45, 2.75) is 25.3 Å². The normalized spacial score (nSPS) is 11.5. The summed E-state index contributed by atoms with van der Waals surface area (Å²) in [7, 11) is -0.653. The molecule has 146 valence electrons. The second kappa shape index (κ2) is 8.73. The van der Waals surface area contributed by atoms with E-state index in [2.05, 4.69) is 5.32 Å². The average molecular weight is 411 g/mol. The SMILES string of the molecule is Cc1cc(Cl)cc(C)c1OCC(=O)NCc1ccccc1S(=O)(=O)N(C)C. The van der Waals surface area contributed by atoms with E-state index in [-0.39, 0.29) is 24.0 Å². The summed E-state index contributed by atoms with van der Waals surface area (Å²) in [6, 6.07) is 10.1. The lowest BCUT2D eigenvalue weighted by atomic mass is 10.1. The molecule has 0 aromatic heterocycles. The largest absolute Gasteiger partial charge is 0.483 e. The third-order valence-corrected chi connectivity index (χ3v) is 6.11. The minimum absolute atomic E-state index is 0.0873. The number of rotatable bonds is 7. The van der Waals surface area contributed by atoms with Crippen LogP contribution >= 0.6 is 11.6 Å². The Morgan fingerprint density at radius 3 is 2.33 bits per heavy atom. The fraction of sp³-hybridized carbons (Fsp3) is 0.316. The Balaban J connectivity index is 2.03. The van der Waals surface area contributed by atoms with Gasteiger partial charge in [-0.3, -0.25) is 4.79 Å². The Kier molecular flexibility index (Phi) is 6.86. The number of benzene rings is 2. The van der Waals surface area contributed by atoms with Gasteiger partial charge in [0.1, 0.15) is 5.75 Å². The van der Waals surface area contributed by atoms with Crippen LogP contribution in [0.2, 0.25) is 5.02 Å². The van der Waals surface area contributed by atoms with Gasteiger partial charge in [-0.15, -0.1) is 0 Å². The maximum absolute atomic E-state index is 12.4. The number of ether oxygens (including phenoxy) is 1. The lowest BCUT2D eigenvalue weighted by Crippen LogP contribution is -2.30. The van der Waals surface area contributed by atoms with Crippen molar-refractivity contribution in [3.63, 3.8) is 0 Å². The van der Waals surface area contributed by atoms with Crippen LogP contribution in [0.1, 0.15) is 16.7 Å². The molecule has 0 fully saturated rings. The summed E-state index contributed by atoms with van der Waals surface area (Å²) in [4.78, 5) is 12.3. The van der Waals surface area contributed by atoms with Gasteiger partial charge >= 0.3 is 0 Å². The number of aryl methyl sites for hydroxylation is 2. The minimum atomic E-state index is -3.59. The van der Waals surface area contributed by atoms with Crippen molar-refractivity contribution in [3.8, 4) is 5.75 Å². The van der Waals surface area contributed by atoms with E-state index in [4.69, 9.17) is 16.3 Å². The summed E-state index contributed by atoms with van der Waals surface area (Å²) in [5, 5.41) is 3.31. The monoisotopic (exact) mass is 410 g/mol. The summed E-state index contributed by atoms with van der Waals surface area (Å²) >= 11 is 5.99. The lowest BCUT2D eigenvalue weighted by Gasteiger charge is -2.16. The molecule has 2 aromatic rings. The Labute approximate surface area is 165 Å². The van der Waals surface area contributed by atoms with E-state index in [0.29, 0.717) is 16.3 Å². The van der Waals surface area contributed by atoms with E-state index in [9.17, 15) is 13.2 Å². The van der Waals surface area contributed by atoms with Crippen LogP contribution in [0.4, 0.5) is 0 Å². The standard InChI is InChI=1S/C19H23ClN2O4S/c1-13-9-16(20)10-14(2)19(13)26-12-18(23)21-11-15-7-5-6-8-17(15)27(24,25)22(3)4/h5-10H,11-12H2,1-4H3,(H,21,23). The molecule has 0 bridgehead atoms. The highest BCUT2D eigenvalue weighted by molar-refractivity contribution is 7.89. The maximum Gasteiger partial charge on any atom is 0.258 e. The molecular weight excluding hydrogens is 388 g/mol. The molecule has 0 aliphatic rings. The van der Waals surface area contributed by atoms with Crippen molar-refractivity contribution in [2.75, 3.05) is 20.7 Å². The molecule has 2 rings (SSSR count). The topological polar surface area (TPSA) is 75.7 Å². The number of sulfonamides is 1. The highest BCUT2D eigenvalue weighted by Gasteiger charge is 2.20. The second-order valence-electron chi connectivity index (χ2n) is 6.33. The zero-order valence-electron chi connectivity index (χ0n) is 15.7. The average Bonchev–Trinajstić information content (AvgIpc) is 2.59. The van der Waals surface area contributed by atoms with Crippen molar-refractivity contribution in [3.05, 3.63) is 58.1 Å². The van der Waals surface area contributed by atoms with Gasteiger partial charge < -0.3 is 10.1 Å². The molecule has 0 saturated heterocycles. The van der Waals surface area contributed by atoms with Gasteiger partial charge in [0.25, 0.3) is 5.91 Å². The number of nitrogens with zero attached hydrogens (tertiary/aromatic N) is 1. The van der Waals surface area contributed by atoms with Crippen LogP contribution in [0, 0.1) is 13.8 Å². The van der Waals surface area contributed by atoms with E-state index in [1.54, 1.807) is 30.3 Å². The predicted molar refractivity (Wildman–Crippen MR) is 106 cm³/mol. The predicted octanol–water partition coefficient (Wildman–Crippen LogP) is 2.90. The summed E-state index contributed by atoms with van der Waals surface area (Å²) in [6.45, 7) is 3.62. The van der Waals surface area contributed by atoms with Gasteiger partial charge in [0.2, 0.25) is 10.0 Å².